The van der Waals surface area contributed by atoms with Crippen LogP contribution in [0.2, 0.25) is 0 Å². The Kier molecular flexibility index (Phi) is 2.45. The fourth-order valence-electron chi connectivity index (χ4n) is 1.95. The summed E-state index contributed by atoms with van der Waals surface area (Å²) in [7, 11) is 0. The third-order valence-corrected chi connectivity index (χ3v) is 2.88. The van der Waals surface area contributed by atoms with Crippen LogP contribution >= 0.6 is 0 Å². The van der Waals surface area contributed by atoms with Crippen molar-refractivity contribution in [2.75, 3.05) is 5.73 Å². The number of halogens is 3. The minimum atomic E-state index is -1.52. The largest absolute Gasteiger partial charge is 0.399 e. The number of aromatic nitrogens is 2. The maximum Gasteiger partial charge on any atom is 0.195 e. The molecule has 96 valence electrons. The van der Waals surface area contributed by atoms with Gasteiger partial charge in [-0.3, -0.25) is 5.10 Å². The van der Waals surface area contributed by atoms with Gasteiger partial charge in [-0.15, -0.1) is 0 Å². The molecule has 0 bridgehead atoms. The second-order valence-corrected chi connectivity index (χ2v) is 4.10. The number of aromatic amines is 1. The monoisotopic (exact) mass is 263 g/mol. The number of anilines is 1. The zero-order chi connectivity index (χ0) is 13.6. The Bertz CT molecular complexity index is 780. The Balaban J connectivity index is 2.31. The molecule has 0 amide bonds. The topological polar surface area (TPSA) is 54.7 Å². The predicted molar refractivity (Wildman–Crippen MR) is 65.8 cm³/mol. The molecule has 3 rings (SSSR count). The van der Waals surface area contributed by atoms with Crippen LogP contribution < -0.4 is 5.73 Å². The molecular weight excluding hydrogens is 255 g/mol. The Morgan fingerprint density at radius 3 is 2.58 bits per heavy atom. The highest BCUT2D eigenvalue weighted by atomic mass is 19.2. The number of hydrogen-bond acceptors (Lipinski definition) is 2. The summed E-state index contributed by atoms with van der Waals surface area (Å²) >= 11 is 0. The van der Waals surface area contributed by atoms with Gasteiger partial charge in [-0.05, 0) is 30.3 Å². The van der Waals surface area contributed by atoms with Crippen LogP contribution in [-0.4, -0.2) is 10.2 Å². The summed E-state index contributed by atoms with van der Waals surface area (Å²) in [5.74, 6) is -4.02. The molecule has 0 aliphatic carbocycles. The SMILES string of the molecule is Nc1ccc2[nH]nc(-c3ccc(F)c(F)c3F)c2c1. The van der Waals surface area contributed by atoms with E-state index in [4.69, 9.17) is 5.73 Å². The highest BCUT2D eigenvalue weighted by molar-refractivity contribution is 5.94. The van der Waals surface area contributed by atoms with E-state index in [1.165, 1.54) is 0 Å². The van der Waals surface area contributed by atoms with Gasteiger partial charge in [0.15, 0.2) is 17.5 Å². The van der Waals surface area contributed by atoms with Crippen molar-refractivity contribution in [3.05, 3.63) is 47.8 Å². The third-order valence-electron chi connectivity index (χ3n) is 2.88. The van der Waals surface area contributed by atoms with Gasteiger partial charge in [0, 0.05) is 16.6 Å². The average molecular weight is 263 g/mol. The normalized spacial score (nSPS) is 11.1. The second kappa shape index (κ2) is 4.01. The van der Waals surface area contributed by atoms with E-state index < -0.39 is 17.5 Å². The minimum Gasteiger partial charge on any atom is -0.399 e. The lowest BCUT2D eigenvalue weighted by Crippen LogP contribution is -1.94. The summed E-state index contributed by atoms with van der Waals surface area (Å²) in [4.78, 5) is 0. The van der Waals surface area contributed by atoms with E-state index in [1.54, 1.807) is 18.2 Å². The highest BCUT2D eigenvalue weighted by Crippen LogP contribution is 2.31. The second-order valence-electron chi connectivity index (χ2n) is 4.10. The Hall–Kier alpha value is -2.50. The van der Waals surface area contributed by atoms with Crippen molar-refractivity contribution in [1.29, 1.82) is 0 Å². The summed E-state index contributed by atoms with van der Waals surface area (Å²) in [5, 5.41) is 7.16. The van der Waals surface area contributed by atoms with E-state index in [9.17, 15) is 13.2 Å². The molecule has 2 aromatic carbocycles. The van der Waals surface area contributed by atoms with E-state index in [0.717, 1.165) is 12.1 Å². The zero-order valence-electron chi connectivity index (χ0n) is 9.55. The van der Waals surface area contributed by atoms with Crippen LogP contribution in [0.4, 0.5) is 18.9 Å². The van der Waals surface area contributed by atoms with Gasteiger partial charge in [-0.1, -0.05) is 0 Å². The molecule has 1 heterocycles. The molecule has 3 nitrogen and oxygen atoms in total. The maximum absolute atomic E-state index is 13.8. The number of nitrogen functional groups attached to an aromatic ring is 1. The fraction of sp³-hybridized carbons (Fsp3) is 0. The number of H-pyrrole nitrogens is 1. The van der Waals surface area contributed by atoms with Crippen LogP contribution in [-0.2, 0) is 0 Å². The molecule has 0 fully saturated rings. The van der Waals surface area contributed by atoms with Gasteiger partial charge >= 0.3 is 0 Å². The van der Waals surface area contributed by atoms with E-state index in [-0.39, 0.29) is 11.3 Å². The Morgan fingerprint density at radius 2 is 1.79 bits per heavy atom. The first-order valence-corrected chi connectivity index (χ1v) is 5.45. The van der Waals surface area contributed by atoms with Crippen molar-refractivity contribution in [1.82, 2.24) is 10.2 Å². The number of hydrogen-bond donors (Lipinski definition) is 2. The molecule has 6 heteroatoms. The molecule has 1 aromatic heterocycles. The molecule has 0 unspecified atom stereocenters. The third kappa shape index (κ3) is 1.72. The number of nitrogens with zero attached hydrogens (tertiary/aromatic N) is 1. The fourth-order valence-corrected chi connectivity index (χ4v) is 1.95. The number of rotatable bonds is 1. The first-order chi connectivity index (χ1) is 9.08. The standard InChI is InChI=1S/C13H8F3N3/c14-9-3-2-7(11(15)12(9)16)13-8-5-6(17)1-4-10(8)18-19-13/h1-5H,17H2,(H,18,19). The number of benzene rings is 2. The van der Waals surface area contributed by atoms with E-state index in [0.29, 0.717) is 16.6 Å². The quantitative estimate of drug-likeness (QED) is 0.523. The molecule has 0 saturated heterocycles. The number of fused-ring (bicyclic) bond motifs is 1. The molecule has 19 heavy (non-hydrogen) atoms. The van der Waals surface area contributed by atoms with Gasteiger partial charge in [-0.2, -0.15) is 5.10 Å². The molecule has 0 saturated carbocycles. The molecule has 0 aliphatic heterocycles. The number of nitrogens with two attached hydrogens (primary N) is 1. The number of nitrogens with one attached hydrogen (secondary N) is 1. The lowest BCUT2D eigenvalue weighted by Gasteiger charge is -2.02. The van der Waals surface area contributed by atoms with Crippen LogP contribution in [0.1, 0.15) is 0 Å². The summed E-state index contributed by atoms with van der Waals surface area (Å²) < 4.78 is 39.9. The summed E-state index contributed by atoms with van der Waals surface area (Å²) in [6.45, 7) is 0. The average Bonchev–Trinajstić information content (AvgIpc) is 2.79. The van der Waals surface area contributed by atoms with Crippen LogP contribution in [0.15, 0.2) is 30.3 Å². The Morgan fingerprint density at radius 1 is 1.00 bits per heavy atom. The first-order valence-electron chi connectivity index (χ1n) is 5.45. The van der Waals surface area contributed by atoms with Crippen LogP contribution in [0.25, 0.3) is 22.2 Å². The summed E-state index contributed by atoms with van der Waals surface area (Å²) in [5.41, 5.74) is 6.83. The van der Waals surface area contributed by atoms with Crippen LogP contribution in [0.3, 0.4) is 0 Å². The van der Waals surface area contributed by atoms with Gasteiger partial charge in [0.1, 0.15) is 5.69 Å². The Labute approximate surface area is 105 Å². The smallest absolute Gasteiger partial charge is 0.195 e. The van der Waals surface area contributed by atoms with Crippen LogP contribution in [0, 0.1) is 17.5 Å². The lowest BCUT2D eigenvalue weighted by atomic mass is 10.1. The summed E-state index contributed by atoms with van der Waals surface area (Å²) in [6.07, 6.45) is 0. The van der Waals surface area contributed by atoms with Crippen molar-refractivity contribution in [2.24, 2.45) is 0 Å². The van der Waals surface area contributed by atoms with Crippen molar-refractivity contribution in [3.63, 3.8) is 0 Å². The predicted octanol–water partition coefficient (Wildman–Crippen LogP) is 3.23. The van der Waals surface area contributed by atoms with E-state index in [1.807, 2.05) is 0 Å². The molecule has 0 atom stereocenters. The van der Waals surface area contributed by atoms with Gasteiger partial charge < -0.3 is 5.73 Å². The summed E-state index contributed by atoms with van der Waals surface area (Å²) in [6, 6.07) is 6.94. The van der Waals surface area contributed by atoms with E-state index in [2.05, 4.69) is 10.2 Å². The van der Waals surface area contributed by atoms with E-state index >= 15 is 0 Å². The molecule has 0 spiro atoms. The van der Waals surface area contributed by atoms with Gasteiger partial charge in [-0.25, -0.2) is 13.2 Å². The molecule has 3 N–H and O–H groups in total. The highest BCUT2D eigenvalue weighted by Gasteiger charge is 2.18. The van der Waals surface area contributed by atoms with Gasteiger partial charge in [0.2, 0.25) is 0 Å². The molecule has 0 radical (unpaired) electrons. The molecule has 0 aliphatic rings. The van der Waals surface area contributed by atoms with Crippen LogP contribution in [0.5, 0.6) is 0 Å². The minimum absolute atomic E-state index is 0.115. The van der Waals surface area contributed by atoms with Crippen molar-refractivity contribution < 1.29 is 13.2 Å². The van der Waals surface area contributed by atoms with Crippen molar-refractivity contribution >= 4 is 16.6 Å². The zero-order valence-corrected chi connectivity index (χ0v) is 9.55. The van der Waals surface area contributed by atoms with Gasteiger partial charge in [0.25, 0.3) is 0 Å². The van der Waals surface area contributed by atoms with Crippen molar-refractivity contribution in [2.45, 2.75) is 0 Å². The molecular formula is C13H8F3N3. The maximum atomic E-state index is 13.8. The lowest BCUT2D eigenvalue weighted by molar-refractivity contribution is 0.449. The first kappa shape index (κ1) is 11.6. The van der Waals surface area contributed by atoms with Gasteiger partial charge in [0.05, 0.1) is 5.52 Å². The van der Waals surface area contributed by atoms with Crippen molar-refractivity contribution in [3.8, 4) is 11.3 Å². The molecule has 3 aromatic rings.